The summed E-state index contributed by atoms with van der Waals surface area (Å²) in [6.45, 7) is 0. The number of carbonyl (C=O) groups excluding carboxylic acids is 1. The molecule has 0 unspecified atom stereocenters. The van der Waals surface area contributed by atoms with Gasteiger partial charge in [-0.25, -0.2) is 4.98 Å². The van der Waals surface area contributed by atoms with Crippen LogP contribution in [0.25, 0.3) is 10.9 Å². The maximum absolute atomic E-state index is 12.5. The van der Waals surface area contributed by atoms with Gasteiger partial charge >= 0.3 is 0 Å². The van der Waals surface area contributed by atoms with E-state index in [1.54, 1.807) is 0 Å². The second kappa shape index (κ2) is 6.08. The van der Waals surface area contributed by atoms with Gasteiger partial charge in [0.1, 0.15) is 5.69 Å². The van der Waals surface area contributed by atoms with Gasteiger partial charge in [-0.2, -0.15) is 0 Å². The first-order valence-electron chi connectivity index (χ1n) is 6.46. The van der Waals surface area contributed by atoms with Crippen LogP contribution in [0.2, 0.25) is 0 Å². The highest BCUT2D eigenvalue weighted by Gasteiger charge is 2.14. The molecular weight excluding hydrogens is 394 g/mol. The zero-order valence-electron chi connectivity index (χ0n) is 11.0. The van der Waals surface area contributed by atoms with Crippen molar-refractivity contribution in [2.45, 2.75) is 6.42 Å². The maximum atomic E-state index is 12.5. The predicted octanol–water partition coefficient (Wildman–Crippen LogP) is 5.19. The molecule has 0 aliphatic carbocycles. The van der Waals surface area contributed by atoms with Crippen LogP contribution in [0.15, 0.2) is 63.5 Å². The van der Waals surface area contributed by atoms with Crippen molar-refractivity contribution in [3.8, 4) is 0 Å². The van der Waals surface area contributed by atoms with Crippen molar-refractivity contribution in [3.63, 3.8) is 0 Å². The average molecular weight is 405 g/mol. The molecule has 0 amide bonds. The number of pyridine rings is 1. The van der Waals surface area contributed by atoms with Crippen molar-refractivity contribution in [3.05, 3.63) is 74.8 Å². The molecule has 0 aliphatic heterocycles. The fourth-order valence-electron chi connectivity index (χ4n) is 2.16. The van der Waals surface area contributed by atoms with E-state index >= 15 is 0 Å². The van der Waals surface area contributed by atoms with Crippen LogP contribution >= 0.6 is 31.9 Å². The summed E-state index contributed by atoms with van der Waals surface area (Å²) >= 11 is 6.84. The lowest BCUT2D eigenvalue weighted by Crippen LogP contribution is -2.07. The zero-order chi connectivity index (χ0) is 14.8. The van der Waals surface area contributed by atoms with Gasteiger partial charge in [-0.3, -0.25) is 4.79 Å². The van der Waals surface area contributed by atoms with E-state index in [2.05, 4.69) is 36.8 Å². The largest absolute Gasteiger partial charge is 0.292 e. The predicted molar refractivity (Wildman–Crippen MR) is 91.6 cm³/mol. The van der Waals surface area contributed by atoms with E-state index in [0.717, 1.165) is 25.4 Å². The van der Waals surface area contributed by atoms with Gasteiger partial charge in [0.2, 0.25) is 0 Å². The number of nitrogens with zero attached hydrogens (tertiary/aromatic N) is 1. The average Bonchev–Trinajstić information content (AvgIpc) is 2.49. The van der Waals surface area contributed by atoms with E-state index in [1.807, 2.05) is 54.6 Å². The van der Waals surface area contributed by atoms with Crippen LogP contribution in [0.3, 0.4) is 0 Å². The molecule has 21 heavy (non-hydrogen) atoms. The molecule has 2 nitrogen and oxygen atoms in total. The molecule has 1 heterocycles. The van der Waals surface area contributed by atoms with Crippen LogP contribution in [0.5, 0.6) is 0 Å². The number of para-hydroxylation sites is 1. The molecule has 0 aliphatic rings. The maximum Gasteiger partial charge on any atom is 0.186 e. The molecule has 2 aromatic carbocycles. The number of benzene rings is 2. The lowest BCUT2D eigenvalue weighted by molar-refractivity contribution is 0.0988. The fraction of sp³-hybridized carbons (Fsp3) is 0.0588. The van der Waals surface area contributed by atoms with Crippen molar-refractivity contribution in [2.24, 2.45) is 0 Å². The molecule has 0 fully saturated rings. The normalized spacial score (nSPS) is 10.8. The number of Topliss-reactive ketones (excluding diaryl/α,β-unsaturated/α-hetero) is 1. The second-order valence-corrected chi connectivity index (χ2v) is 6.51. The molecular formula is C17H11Br2NO. The van der Waals surface area contributed by atoms with Crippen LogP contribution < -0.4 is 0 Å². The Bertz CT molecular complexity index is 813. The Morgan fingerprint density at radius 2 is 1.71 bits per heavy atom. The van der Waals surface area contributed by atoms with E-state index in [0.29, 0.717) is 12.1 Å². The Kier molecular flexibility index (Phi) is 4.17. The standard InChI is InChI=1S/C17H11Br2NO/c18-13-7-5-11(6-8-13)9-16(21)17-14(19)10-12-3-1-2-4-15(12)20-17/h1-8,10H,9H2. The van der Waals surface area contributed by atoms with Crippen LogP contribution in [-0.4, -0.2) is 10.8 Å². The van der Waals surface area contributed by atoms with Crippen LogP contribution in [0.1, 0.15) is 16.1 Å². The molecule has 1 aromatic heterocycles. The summed E-state index contributed by atoms with van der Waals surface area (Å²) in [4.78, 5) is 16.9. The first-order valence-corrected chi connectivity index (χ1v) is 8.05. The monoisotopic (exact) mass is 403 g/mol. The molecule has 0 atom stereocenters. The van der Waals surface area contributed by atoms with Crippen LogP contribution in [0.4, 0.5) is 0 Å². The zero-order valence-corrected chi connectivity index (χ0v) is 14.2. The van der Waals surface area contributed by atoms with Gasteiger partial charge in [0.15, 0.2) is 5.78 Å². The Hall–Kier alpha value is -1.52. The van der Waals surface area contributed by atoms with Crippen LogP contribution in [0, 0.1) is 0 Å². The van der Waals surface area contributed by atoms with Crippen molar-refractivity contribution < 1.29 is 4.79 Å². The highest BCUT2D eigenvalue weighted by molar-refractivity contribution is 9.10. The topological polar surface area (TPSA) is 30.0 Å². The van der Waals surface area contributed by atoms with Gasteiger partial charge < -0.3 is 0 Å². The molecule has 4 heteroatoms. The van der Waals surface area contributed by atoms with Gasteiger partial charge in [0.25, 0.3) is 0 Å². The molecule has 104 valence electrons. The third-order valence-corrected chi connectivity index (χ3v) is 4.35. The lowest BCUT2D eigenvalue weighted by Gasteiger charge is -2.06. The van der Waals surface area contributed by atoms with Gasteiger partial charge in [-0.05, 0) is 45.8 Å². The van der Waals surface area contributed by atoms with E-state index in [9.17, 15) is 4.79 Å². The number of hydrogen-bond acceptors (Lipinski definition) is 2. The van der Waals surface area contributed by atoms with Crippen molar-refractivity contribution >= 4 is 48.5 Å². The molecule has 3 aromatic rings. The van der Waals surface area contributed by atoms with Gasteiger partial charge in [0, 0.05) is 20.8 Å². The van der Waals surface area contributed by atoms with Gasteiger partial charge in [0.05, 0.1) is 5.52 Å². The molecule has 0 saturated carbocycles. The number of halogens is 2. The van der Waals surface area contributed by atoms with Gasteiger partial charge in [-0.15, -0.1) is 0 Å². The van der Waals surface area contributed by atoms with Crippen molar-refractivity contribution in [1.82, 2.24) is 4.98 Å². The summed E-state index contributed by atoms with van der Waals surface area (Å²) < 4.78 is 1.74. The minimum atomic E-state index is 0.00921. The Labute approximate surface area is 139 Å². The second-order valence-electron chi connectivity index (χ2n) is 4.74. The quantitative estimate of drug-likeness (QED) is 0.562. The van der Waals surface area contributed by atoms with E-state index in [1.165, 1.54) is 0 Å². The first kappa shape index (κ1) is 14.4. The molecule has 0 bridgehead atoms. The smallest absolute Gasteiger partial charge is 0.186 e. The van der Waals surface area contributed by atoms with Gasteiger partial charge in [-0.1, -0.05) is 46.3 Å². The van der Waals surface area contributed by atoms with Crippen LogP contribution in [-0.2, 0) is 6.42 Å². The number of rotatable bonds is 3. The minimum Gasteiger partial charge on any atom is -0.292 e. The number of carbonyl (C=O) groups is 1. The summed E-state index contributed by atoms with van der Waals surface area (Å²) in [7, 11) is 0. The van der Waals surface area contributed by atoms with Crippen molar-refractivity contribution in [1.29, 1.82) is 0 Å². The van der Waals surface area contributed by atoms with E-state index in [4.69, 9.17) is 0 Å². The first-order chi connectivity index (χ1) is 10.1. The summed E-state index contributed by atoms with van der Waals surface area (Å²) in [6.07, 6.45) is 0.344. The summed E-state index contributed by atoms with van der Waals surface area (Å²) in [5.41, 5.74) is 2.29. The lowest BCUT2D eigenvalue weighted by atomic mass is 10.1. The fourth-order valence-corrected chi connectivity index (χ4v) is 2.98. The molecule has 0 saturated heterocycles. The summed E-state index contributed by atoms with van der Waals surface area (Å²) in [5, 5.41) is 1.02. The number of aromatic nitrogens is 1. The molecule has 0 N–H and O–H groups in total. The SMILES string of the molecule is O=C(Cc1ccc(Br)cc1)c1nc2ccccc2cc1Br. The van der Waals surface area contributed by atoms with Crippen molar-refractivity contribution in [2.75, 3.05) is 0 Å². The third kappa shape index (κ3) is 3.22. The molecule has 3 rings (SSSR count). The Balaban J connectivity index is 1.93. The highest BCUT2D eigenvalue weighted by atomic mass is 79.9. The summed E-state index contributed by atoms with van der Waals surface area (Å²) in [5.74, 6) is 0.00921. The third-order valence-electron chi connectivity index (χ3n) is 3.22. The Morgan fingerprint density at radius 1 is 1.00 bits per heavy atom. The molecule has 0 spiro atoms. The number of ketones is 1. The molecule has 0 radical (unpaired) electrons. The van der Waals surface area contributed by atoms with E-state index < -0.39 is 0 Å². The highest BCUT2D eigenvalue weighted by Crippen LogP contribution is 2.23. The minimum absolute atomic E-state index is 0.00921. The number of hydrogen-bond donors (Lipinski definition) is 0. The number of fused-ring (bicyclic) bond motifs is 1. The van der Waals surface area contributed by atoms with E-state index in [-0.39, 0.29) is 5.78 Å². The summed E-state index contributed by atoms with van der Waals surface area (Å²) in [6, 6.07) is 17.5. The Morgan fingerprint density at radius 3 is 2.48 bits per heavy atom.